The molecule has 1 heterocycles. The Morgan fingerprint density at radius 3 is 2.82 bits per heavy atom. The zero-order valence-corrected chi connectivity index (χ0v) is 6.74. The van der Waals surface area contributed by atoms with E-state index in [-0.39, 0.29) is 6.10 Å². The second kappa shape index (κ2) is 3.34. The van der Waals surface area contributed by atoms with Gasteiger partial charge in [0.05, 0.1) is 11.8 Å². The predicted octanol–water partition coefficient (Wildman–Crippen LogP) is 1.37. The highest BCUT2D eigenvalue weighted by molar-refractivity contribution is 5.29. The van der Waals surface area contributed by atoms with E-state index >= 15 is 0 Å². The lowest BCUT2D eigenvalue weighted by atomic mass is 10.2. The van der Waals surface area contributed by atoms with Crippen LogP contribution < -0.4 is 5.73 Å². The molecule has 1 unspecified atom stereocenters. The van der Waals surface area contributed by atoms with Gasteiger partial charge in [0.2, 0.25) is 0 Å². The molecular weight excluding hydrogens is 140 g/mol. The highest BCUT2D eigenvalue weighted by Crippen LogP contribution is 2.13. The lowest BCUT2D eigenvalue weighted by Crippen LogP contribution is -2.00. The van der Waals surface area contributed by atoms with E-state index in [1.165, 1.54) is 0 Å². The summed E-state index contributed by atoms with van der Waals surface area (Å²) < 4.78 is 5.07. The van der Waals surface area contributed by atoms with Crippen molar-refractivity contribution in [3.8, 4) is 0 Å². The summed E-state index contributed by atoms with van der Waals surface area (Å²) in [6.07, 6.45) is 0.0125. The van der Waals surface area contributed by atoms with Crippen LogP contribution in [0.2, 0.25) is 0 Å². The normalized spacial score (nSPS) is 12.9. The third kappa shape index (κ3) is 1.91. The van der Waals surface area contributed by atoms with Crippen LogP contribution in [0.4, 0.5) is 5.82 Å². The van der Waals surface area contributed by atoms with Crippen LogP contribution in [0.3, 0.4) is 0 Å². The fourth-order valence-corrected chi connectivity index (χ4v) is 0.816. The molecule has 3 nitrogen and oxygen atoms in total. The van der Waals surface area contributed by atoms with Gasteiger partial charge < -0.3 is 10.5 Å². The van der Waals surface area contributed by atoms with Crippen molar-refractivity contribution in [3.63, 3.8) is 0 Å². The molecule has 0 amide bonds. The van der Waals surface area contributed by atoms with Crippen molar-refractivity contribution < 1.29 is 4.74 Å². The molecule has 0 bridgehead atoms. The van der Waals surface area contributed by atoms with E-state index in [1.807, 2.05) is 19.1 Å². The SMILES string of the molecule is COC(C)c1cccc(N)n1. The lowest BCUT2D eigenvalue weighted by Gasteiger charge is -2.07. The van der Waals surface area contributed by atoms with E-state index in [2.05, 4.69) is 4.98 Å². The minimum absolute atomic E-state index is 0.0125. The van der Waals surface area contributed by atoms with Gasteiger partial charge in [0, 0.05) is 7.11 Å². The first kappa shape index (κ1) is 8.01. The second-order valence-corrected chi connectivity index (χ2v) is 2.37. The topological polar surface area (TPSA) is 48.1 Å². The third-order valence-corrected chi connectivity index (χ3v) is 1.56. The number of nitrogens with zero attached hydrogens (tertiary/aromatic N) is 1. The maximum atomic E-state index is 5.48. The van der Waals surface area contributed by atoms with Crippen LogP contribution in [-0.4, -0.2) is 12.1 Å². The summed E-state index contributed by atoms with van der Waals surface area (Å²) in [5, 5.41) is 0. The van der Waals surface area contributed by atoms with Crippen molar-refractivity contribution in [2.45, 2.75) is 13.0 Å². The number of anilines is 1. The van der Waals surface area contributed by atoms with Gasteiger partial charge in [-0.3, -0.25) is 0 Å². The number of nitrogens with two attached hydrogens (primary N) is 1. The van der Waals surface area contributed by atoms with Crippen LogP contribution in [0.15, 0.2) is 18.2 Å². The molecule has 0 aliphatic heterocycles. The van der Waals surface area contributed by atoms with Crippen molar-refractivity contribution in [2.75, 3.05) is 12.8 Å². The molecule has 1 rings (SSSR count). The molecule has 0 spiro atoms. The van der Waals surface area contributed by atoms with Gasteiger partial charge in [0.25, 0.3) is 0 Å². The van der Waals surface area contributed by atoms with Gasteiger partial charge in [0.15, 0.2) is 0 Å². The maximum absolute atomic E-state index is 5.48. The average Bonchev–Trinajstić information content (AvgIpc) is 2.03. The van der Waals surface area contributed by atoms with Crippen LogP contribution >= 0.6 is 0 Å². The summed E-state index contributed by atoms with van der Waals surface area (Å²) in [5.74, 6) is 0.534. The molecule has 0 saturated carbocycles. The molecule has 11 heavy (non-hydrogen) atoms. The van der Waals surface area contributed by atoms with Gasteiger partial charge in [-0.1, -0.05) is 6.07 Å². The third-order valence-electron chi connectivity index (χ3n) is 1.56. The van der Waals surface area contributed by atoms with Gasteiger partial charge in [-0.15, -0.1) is 0 Å². The molecule has 0 fully saturated rings. The van der Waals surface area contributed by atoms with Crippen molar-refractivity contribution in [3.05, 3.63) is 23.9 Å². The molecule has 0 aromatic carbocycles. The van der Waals surface area contributed by atoms with Crippen LogP contribution in [0.25, 0.3) is 0 Å². The Morgan fingerprint density at radius 2 is 2.27 bits per heavy atom. The zero-order valence-electron chi connectivity index (χ0n) is 6.74. The summed E-state index contributed by atoms with van der Waals surface area (Å²) in [4.78, 5) is 4.10. The minimum atomic E-state index is 0.0125. The Kier molecular flexibility index (Phi) is 2.44. The van der Waals surface area contributed by atoms with E-state index in [0.717, 1.165) is 5.69 Å². The van der Waals surface area contributed by atoms with Crippen molar-refractivity contribution in [1.29, 1.82) is 0 Å². The molecule has 0 radical (unpaired) electrons. The molecule has 1 aromatic heterocycles. The Balaban J connectivity index is 2.86. The smallest absolute Gasteiger partial charge is 0.123 e. The molecule has 3 heteroatoms. The summed E-state index contributed by atoms with van der Waals surface area (Å²) in [6, 6.07) is 5.52. The first-order valence-electron chi connectivity index (χ1n) is 3.49. The average molecular weight is 152 g/mol. The zero-order chi connectivity index (χ0) is 8.27. The number of methoxy groups -OCH3 is 1. The number of hydrogen-bond donors (Lipinski definition) is 1. The molecule has 1 atom stereocenters. The van der Waals surface area contributed by atoms with E-state index in [4.69, 9.17) is 10.5 Å². The molecule has 60 valence electrons. The number of pyridine rings is 1. The van der Waals surface area contributed by atoms with Crippen molar-refractivity contribution in [1.82, 2.24) is 4.98 Å². The number of nitrogen functional groups attached to an aromatic ring is 1. The quantitative estimate of drug-likeness (QED) is 0.696. The monoisotopic (exact) mass is 152 g/mol. The Hall–Kier alpha value is -1.09. The Bertz CT molecular complexity index is 237. The van der Waals surface area contributed by atoms with Crippen LogP contribution in [0.1, 0.15) is 18.7 Å². The summed E-state index contributed by atoms with van der Waals surface area (Å²) in [5.41, 5.74) is 6.35. The number of ether oxygens (including phenoxy) is 1. The minimum Gasteiger partial charge on any atom is -0.384 e. The molecule has 2 N–H and O–H groups in total. The predicted molar refractivity (Wildman–Crippen MR) is 44.1 cm³/mol. The summed E-state index contributed by atoms with van der Waals surface area (Å²) in [6.45, 7) is 1.93. The van der Waals surface area contributed by atoms with Gasteiger partial charge in [-0.05, 0) is 19.1 Å². The molecular formula is C8H12N2O. The fraction of sp³-hybridized carbons (Fsp3) is 0.375. The molecule has 1 aromatic rings. The second-order valence-electron chi connectivity index (χ2n) is 2.37. The van der Waals surface area contributed by atoms with Crippen molar-refractivity contribution >= 4 is 5.82 Å². The van der Waals surface area contributed by atoms with E-state index in [1.54, 1.807) is 13.2 Å². The van der Waals surface area contributed by atoms with Crippen molar-refractivity contribution in [2.24, 2.45) is 0 Å². The molecule has 0 aliphatic rings. The standard InChI is InChI=1S/C8H12N2O/c1-6(11-2)7-4-3-5-8(9)10-7/h3-6H,1-2H3,(H2,9,10). The van der Waals surface area contributed by atoms with Crippen LogP contribution in [0.5, 0.6) is 0 Å². The first-order valence-corrected chi connectivity index (χ1v) is 3.49. The van der Waals surface area contributed by atoms with Gasteiger partial charge in [0.1, 0.15) is 5.82 Å². The lowest BCUT2D eigenvalue weighted by molar-refractivity contribution is 0.116. The number of hydrogen-bond acceptors (Lipinski definition) is 3. The highest BCUT2D eigenvalue weighted by atomic mass is 16.5. The molecule has 0 aliphatic carbocycles. The molecule has 0 saturated heterocycles. The van der Waals surface area contributed by atoms with Crippen LogP contribution in [-0.2, 0) is 4.74 Å². The number of aromatic nitrogens is 1. The van der Waals surface area contributed by atoms with E-state index < -0.39 is 0 Å². The maximum Gasteiger partial charge on any atom is 0.123 e. The van der Waals surface area contributed by atoms with Gasteiger partial charge >= 0.3 is 0 Å². The number of rotatable bonds is 2. The first-order chi connectivity index (χ1) is 5.24. The van der Waals surface area contributed by atoms with Gasteiger partial charge in [-0.2, -0.15) is 0 Å². The van der Waals surface area contributed by atoms with Crippen LogP contribution in [0, 0.1) is 0 Å². The van der Waals surface area contributed by atoms with E-state index in [9.17, 15) is 0 Å². The summed E-state index contributed by atoms with van der Waals surface area (Å²) in [7, 11) is 1.65. The van der Waals surface area contributed by atoms with Gasteiger partial charge in [-0.25, -0.2) is 4.98 Å². The summed E-state index contributed by atoms with van der Waals surface area (Å²) >= 11 is 0. The van der Waals surface area contributed by atoms with E-state index in [0.29, 0.717) is 5.82 Å². The Morgan fingerprint density at radius 1 is 1.55 bits per heavy atom. The highest BCUT2D eigenvalue weighted by Gasteiger charge is 2.03. The Labute approximate surface area is 66.2 Å². The largest absolute Gasteiger partial charge is 0.384 e. The fourth-order valence-electron chi connectivity index (χ4n) is 0.816.